The number of hydrogen-bond acceptors (Lipinski definition) is 3. The van der Waals surface area contributed by atoms with Crippen molar-refractivity contribution >= 4 is 11.6 Å². The maximum atomic E-state index is 11.4. The van der Waals surface area contributed by atoms with Crippen molar-refractivity contribution in [1.82, 2.24) is 5.32 Å². The summed E-state index contributed by atoms with van der Waals surface area (Å²) in [7, 11) is 0. The number of carbonyl (C=O) groups is 1. The van der Waals surface area contributed by atoms with E-state index in [0.717, 1.165) is 23.9 Å². The molecule has 1 unspecified atom stereocenters. The van der Waals surface area contributed by atoms with Gasteiger partial charge in [-0.2, -0.15) is 0 Å². The van der Waals surface area contributed by atoms with E-state index in [9.17, 15) is 4.79 Å². The lowest BCUT2D eigenvalue weighted by atomic mass is 9.77. The van der Waals surface area contributed by atoms with E-state index >= 15 is 0 Å². The summed E-state index contributed by atoms with van der Waals surface area (Å²) < 4.78 is 5.40. The smallest absolute Gasteiger partial charge is 0.262 e. The molecule has 0 spiro atoms. The fourth-order valence-electron chi connectivity index (χ4n) is 2.84. The molecule has 0 radical (unpaired) electrons. The summed E-state index contributed by atoms with van der Waals surface area (Å²) in [5, 5.41) is 6.45. The number of carbonyl (C=O) groups excluding carboxylic acids is 1. The third-order valence-corrected chi connectivity index (χ3v) is 4.04. The van der Waals surface area contributed by atoms with Crippen LogP contribution in [0.3, 0.4) is 0 Å². The highest BCUT2D eigenvalue weighted by Gasteiger charge is 2.28. The van der Waals surface area contributed by atoms with Crippen molar-refractivity contribution in [2.75, 3.05) is 18.5 Å². The second kappa shape index (κ2) is 5.21. The number of anilines is 1. The first-order chi connectivity index (χ1) is 9.28. The molecule has 1 aromatic rings. The summed E-state index contributed by atoms with van der Waals surface area (Å²) in [5.41, 5.74) is 2.05. The van der Waals surface area contributed by atoms with Crippen LogP contribution in [0.15, 0.2) is 18.2 Å². The van der Waals surface area contributed by atoms with Gasteiger partial charge in [0.15, 0.2) is 6.61 Å². The van der Waals surface area contributed by atoms with E-state index in [1.165, 1.54) is 24.8 Å². The van der Waals surface area contributed by atoms with Crippen LogP contribution < -0.4 is 15.4 Å². The second-order valence-electron chi connectivity index (χ2n) is 5.32. The molecule has 2 N–H and O–H groups in total. The minimum Gasteiger partial charge on any atom is -0.482 e. The monoisotopic (exact) mass is 260 g/mol. The molecule has 1 saturated carbocycles. The Labute approximate surface area is 113 Å². The van der Waals surface area contributed by atoms with Crippen molar-refractivity contribution in [3.63, 3.8) is 0 Å². The Morgan fingerprint density at radius 1 is 1.47 bits per heavy atom. The van der Waals surface area contributed by atoms with Gasteiger partial charge in [0, 0.05) is 6.04 Å². The molecule has 4 heteroatoms. The Kier molecular flexibility index (Phi) is 3.42. The van der Waals surface area contributed by atoms with Crippen LogP contribution in [0.2, 0.25) is 0 Å². The molecule has 1 fully saturated rings. The van der Waals surface area contributed by atoms with Crippen molar-refractivity contribution in [3.8, 4) is 5.75 Å². The standard InChI is InChI=1S/C15H20N2O2/c1-2-16-15(10-4-3-5-10)11-6-7-13-12(8-11)17-14(18)9-19-13/h6-8,10,15-16H,2-5,9H2,1H3,(H,17,18). The van der Waals surface area contributed by atoms with Crippen molar-refractivity contribution < 1.29 is 9.53 Å². The van der Waals surface area contributed by atoms with Crippen LogP contribution in [0, 0.1) is 5.92 Å². The highest BCUT2D eigenvalue weighted by Crippen LogP contribution is 2.40. The second-order valence-corrected chi connectivity index (χ2v) is 5.32. The molecule has 1 aliphatic carbocycles. The van der Waals surface area contributed by atoms with Gasteiger partial charge in [-0.1, -0.05) is 19.4 Å². The summed E-state index contributed by atoms with van der Waals surface area (Å²) in [6, 6.07) is 6.52. The molecule has 4 nitrogen and oxygen atoms in total. The summed E-state index contributed by atoms with van der Waals surface area (Å²) in [4.78, 5) is 11.4. The average molecular weight is 260 g/mol. The van der Waals surface area contributed by atoms with Gasteiger partial charge >= 0.3 is 0 Å². The predicted molar refractivity (Wildman–Crippen MR) is 74.3 cm³/mol. The molecule has 1 aliphatic heterocycles. The summed E-state index contributed by atoms with van der Waals surface area (Å²) in [6.07, 6.45) is 3.91. The lowest BCUT2D eigenvalue weighted by molar-refractivity contribution is -0.118. The first-order valence-corrected chi connectivity index (χ1v) is 7.08. The van der Waals surface area contributed by atoms with Gasteiger partial charge in [-0.05, 0) is 43.0 Å². The van der Waals surface area contributed by atoms with Crippen molar-refractivity contribution in [2.24, 2.45) is 5.92 Å². The zero-order valence-corrected chi connectivity index (χ0v) is 11.2. The van der Waals surface area contributed by atoms with Gasteiger partial charge in [-0.25, -0.2) is 0 Å². The molecular formula is C15H20N2O2. The third kappa shape index (κ3) is 2.45. The Balaban J connectivity index is 1.86. The minimum absolute atomic E-state index is 0.0757. The van der Waals surface area contributed by atoms with Crippen LogP contribution in [0.4, 0.5) is 5.69 Å². The molecule has 0 saturated heterocycles. The highest BCUT2D eigenvalue weighted by molar-refractivity contribution is 5.95. The fraction of sp³-hybridized carbons (Fsp3) is 0.533. The topological polar surface area (TPSA) is 50.4 Å². The molecule has 1 aromatic carbocycles. The highest BCUT2D eigenvalue weighted by atomic mass is 16.5. The maximum Gasteiger partial charge on any atom is 0.262 e. The number of fused-ring (bicyclic) bond motifs is 1. The molecule has 0 bridgehead atoms. The number of hydrogen-bond donors (Lipinski definition) is 2. The number of benzene rings is 1. The SMILES string of the molecule is CCNC(c1ccc2c(c1)NC(=O)CO2)C1CCC1. The van der Waals surface area contributed by atoms with E-state index < -0.39 is 0 Å². The van der Waals surface area contributed by atoms with Crippen LogP contribution in [0.5, 0.6) is 5.75 Å². The zero-order chi connectivity index (χ0) is 13.2. The van der Waals surface area contributed by atoms with E-state index in [1.807, 2.05) is 6.07 Å². The zero-order valence-electron chi connectivity index (χ0n) is 11.2. The number of rotatable bonds is 4. The number of amides is 1. The molecule has 1 atom stereocenters. The van der Waals surface area contributed by atoms with E-state index in [0.29, 0.717) is 6.04 Å². The number of ether oxygens (including phenoxy) is 1. The lowest BCUT2D eigenvalue weighted by Gasteiger charge is -2.35. The van der Waals surface area contributed by atoms with Crippen LogP contribution in [0.25, 0.3) is 0 Å². The van der Waals surface area contributed by atoms with Gasteiger partial charge < -0.3 is 15.4 Å². The molecule has 0 aromatic heterocycles. The Morgan fingerprint density at radius 2 is 2.32 bits per heavy atom. The van der Waals surface area contributed by atoms with Gasteiger partial charge in [0.1, 0.15) is 5.75 Å². The van der Waals surface area contributed by atoms with Crippen molar-refractivity contribution in [3.05, 3.63) is 23.8 Å². The minimum atomic E-state index is -0.0757. The van der Waals surface area contributed by atoms with Gasteiger partial charge in [0.2, 0.25) is 0 Å². The van der Waals surface area contributed by atoms with E-state index in [-0.39, 0.29) is 12.5 Å². The molecule has 1 heterocycles. The molecular weight excluding hydrogens is 240 g/mol. The summed E-state index contributed by atoms with van der Waals surface area (Å²) in [6.45, 7) is 3.21. The predicted octanol–water partition coefficient (Wildman–Crippen LogP) is 2.47. The van der Waals surface area contributed by atoms with Gasteiger partial charge in [0.05, 0.1) is 5.69 Å². The van der Waals surface area contributed by atoms with Crippen LogP contribution in [-0.4, -0.2) is 19.1 Å². The van der Waals surface area contributed by atoms with Gasteiger partial charge in [0.25, 0.3) is 5.91 Å². The lowest BCUT2D eigenvalue weighted by Crippen LogP contribution is -2.32. The van der Waals surface area contributed by atoms with E-state index in [4.69, 9.17) is 4.74 Å². The average Bonchev–Trinajstić information content (AvgIpc) is 2.35. The maximum absolute atomic E-state index is 11.4. The molecule has 1 amide bonds. The van der Waals surface area contributed by atoms with E-state index in [1.54, 1.807) is 0 Å². The molecule has 102 valence electrons. The Hall–Kier alpha value is -1.55. The van der Waals surface area contributed by atoms with Crippen LogP contribution >= 0.6 is 0 Å². The number of nitrogens with one attached hydrogen (secondary N) is 2. The fourth-order valence-corrected chi connectivity index (χ4v) is 2.84. The summed E-state index contributed by atoms with van der Waals surface area (Å²) >= 11 is 0. The first kappa shape index (κ1) is 12.5. The largest absolute Gasteiger partial charge is 0.482 e. The van der Waals surface area contributed by atoms with E-state index in [2.05, 4.69) is 29.7 Å². The Morgan fingerprint density at radius 3 is 3.00 bits per heavy atom. The summed E-state index contributed by atoms with van der Waals surface area (Å²) in [5.74, 6) is 1.42. The normalized spacial score (nSPS) is 19.9. The molecule has 2 aliphatic rings. The third-order valence-electron chi connectivity index (χ3n) is 4.04. The van der Waals surface area contributed by atoms with Gasteiger partial charge in [-0.15, -0.1) is 0 Å². The van der Waals surface area contributed by atoms with Crippen LogP contribution in [0.1, 0.15) is 37.8 Å². The molecule has 19 heavy (non-hydrogen) atoms. The van der Waals surface area contributed by atoms with Crippen molar-refractivity contribution in [1.29, 1.82) is 0 Å². The Bertz CT molecular complexity index is 483. The first-order valence-electron chi connectivity index (χ1n) is 7.08. The molecule has 3 rings (SSSR count). The van der Waals surface area contributed by atoms with Gasteiger partial charge in [-0.3, -0.25) is 4.79 Å². The van der Waals surface area contributed by atoms with Crippen LogP contribution in [-0.2, 0) is 4.79 Å². The van der Waals surface area contributed by atoms with Crippen molar-refractivity contribution in [2.45, 2.75) is 32.2 Å². The quantitative estimate of drug-likeness (QED) is 0.874.